The zero-order chi connectivity index (χ0) is 15.0. The summed E-state index contributed by atoms with van der Waals surface area (Å²) in [6.07, 6.45) is 0.860. The molecule has 0 aliphatic carbocycles. The normalized spacial score (nSPS) is 11.1. The average Bonchev–Trinajstić information content (AvgIpc) is 2.92. The zero-order valence-corrected chi connectivity index (χ0v) is 12.8. The van der Waals surface area contributed by atoms with Gasteiger partial charge in [0, 0.05) is 13.1 Å². The van der Waals surface area contributed by atoms with Crippen LogP contribution in [0.4, 0.5) is 0 Å². The smallest absolute Gasteiger partial charge is 0.289 e. The first-order chi connectivity index (χ1) is 9.65. The first-order valence-corrected chi connectivity index (χ1v) is 7.37. The van der Waals surface area contributed by atoms with Crippen LogP contribution in [0.5, 0.6) is 0 Å². The molecule has 0 unspecified atom stereocenters. The van der Waals surface area contributed by atoms with Crippen LogP contribution in [0, 0.1) is 0 Å². The Balaban J connectivity index is 2.71. The number of rotatable bonds is 9. The van der Waals surface area contributed by atoms with Crippen LogP contribution in [0.2, 0.25) is 0 Å². The number of hydrogen-bond acceptors (Lipinski definition) is 4. The largest absolute Gasteiger partial charge is 0.455 e. The second-order valence-corrected chi connectivity index (χ2v) is 4.74. The van der Waals surface area contributed by atoms with Crippen molar-refractivity contribution in [3.63, 3.8) is 0 Å². The van der Waals surface area contributed by atoms with E-state index in [0.29, 0.717) is 25.4 Å². The van der Waals surface area contributed by atoms with Crippen LogP contribution in [-0.4, -0.2) is 53.6 Å². The van der Waals surface area contributed by atoms with Gasteiger partial charge in [-0.1, -0.05) is 20.8 Å². The van der Waals surface area contributed by atoms with E-state index in [-0.39, 0.29) is 12.5 Å². The molecule has 1 amide bonds. The van der Waals surface area contributed by atoms with Gasteiger partial charge >= 0.3 is 0 Å². The van der Waals surface area contributed by atoms with Crippen LogP contribution < -0.4 is 0 Å². The third-order valence-corrected chi connectivity index (χ3v) is 3.30. The molecular formula is C15H26N2O3. The van der Waals surface area contributed by atoms with Crippen LogP contribution in [-0.2, 0) is 6.54 Å². The van der Waals surface area contributed by atoms with Crippen molar-refractivity contribution < 1.29 is 14.3 Å². The first-order valence-electron chi connectivity index (χ1n) is 7.37. The third kappa shape index (κ3) is 4.65. The summed E-state index contributed by atoms with van der Waals surface area (Å²) in [6.45, 7) is 9.77. The van der Waals surface area contributed by atoms with E-state index < -0.39 is 0 Å². The molecule has 0 saturated carbocycles. The Hall–Kier alpha value is -1.33. The number of carbonyl (C=O) groups excluding carboxylic acids is 1. The van der Waals surface area contributed by atoms with Crippen LogP contribution >= 0.6 is 0 Å². The van der Waals surface area contributed by atoms with E-state index in [9.17, 15) is 4.79 Å². The maximum absolute atomic E-state index is 12.3. The summed E-state index contributed by atoms with van der Waals surface area (Å²) in [5.41, 5.74) is 0. The van der Waals surface area contributed by atoms with Crippen molar-refractivity contribution in [2.24, 2.45) is 0 Å². The van der Waals surface area contributed by atoms with E-state index in [4.69, 9.17) is 9.52 Å². The van der Waals surface area contributed by atoms with Gasteiger partial charge in [-0.15, -0.1) is 0 Å². The van der Waals surface area contributed by atoms with Crippen molar-refractivity contribution in [2.75, 3.05) is 32.8 Å². The molecule has 0 aliphatic rings. The number of hydrogen-bond donors (Lipinski definition) is 1. The Morgan fingerprint density at radius 3 is 2.45 bits per heavy atom. The highest BCUT2D eigenvalue weighted by Gasteiger charge is 2.18. The Labute approximate surface area is 121 Å². The predicted octanol–water partition coefficient (Wildman–Crippen LogP) is 1.97. The highest BCUT2D eigenvalue weighted by atomic mass is 16.4. The average molecular weight is 282 g/mol. The third-order valence-electron chi connectivity index (χ3n) is 3.30. The summed E-state index contributed by atoms with van der Waals surface area (Å²) in [4.78, 5) is 16.1. The van der Waals surface area contributed by atoms with E-state index in [1.807, 2.05) is 13.0 Å². The Morgan fingerprint density at radius 1 is 1.20 bits per heavy atom. The number of carbonyl (C=O) groups is 1. The number of amides is 1. The number of aliphatic hydroxyl groups excluding tert-OH is 1. The molecule has 0 aromatic carbocycles. The Bertz CT molecular complexity index is 394. The summed E-state index contributed by atoms with van der Waals surface area (Å²) < 4.78 is 5.64. The van der Waals surface area contributed by atoms with E-state index >= 15 is 0 Å². The summed E-state index contributed by atoms with van der Waals surface area (Å²) >= 11 is 0. The van der Waals surface area contributed by atoms with Crippen LogP contribution in [0.3, 0.4) is 0 Å². The molecule has 5 heteroatoms. The van der Waals surface area contributed by atoms with Gasteiger partial charge < -0.3 is 14.4 Å². The number of aliphatic hydroxyl groups is 1. The molecule has 0 radical (unpaired) electrons. The first kappa shape index (κ1) is 16.7. The molecule has 1 aromatic heterocycles. The van der Waals surface area contributed by atoms with Crippen molar-refractivity contribution in [3.05, 3.63) is 23.7 Å². The minimum absolute atomic E-state index is 0.0290. The van der Waals surface area contributed by atoms with E-state index in [1.165, 1.54) is 0 Å². The van der Waals surface area contributed by atoms with Gasteiger partial charge in [0.05, 0.1) is 13.2 Å². The molecule has 5 nitrogen and oxygen atoms in total. The summed E-state index contributed by atoms with van der Waals surface area (Å²) in [7, 11) is 0. The molecule has 1 rings (SSSR count). The Morgan fingerprint density at radius 2 is 1.90 bits per heavy atom. The number of nitrogens with zero attached hydrogens (tertiary/aromatic N) is 2. The Kier molecular flexibility index (Phi) is 7.33. The summed E-state index contributed by atoms with van der Waals surface area (Å²) in [5, 5.41) is 9.02. The van der Waals surface area contributed by atoms with Gasteiger partial charge in [-0.05, 0) is 31.6 Å². The quantitative estimate of drug-likeness (QED) is 0.752. The van der Waals surface area contributed by atoms with Gasteiger partial charge in [0.1, 0.15) is 5.76 Å². The van der Waals surface area contributed by atoms with Crippen molar-refractivity contribution in [3.8, 4) is 0 Å². The van der Waals surface area contributed by atoms with Crippen LogP contribution in [0.15, 0.2) is 16.5 Å². The predicted molar refractivity (Wildman–Crippen MR) is 78.6 cm³/mol. The van der Waals surface area contributed by atoms with Gasteiger partial charge in [0.15, 0.2) is 5.76 Å². The van der Waals surface area contributed by atoms with E-state index in [2.05, 4.69) is 18.7 Å². The lowest BCUT2D eigenvalue weighted by Gasteiger charge is -2.19. The lowest BCUT2D eigenvalue weighted by atomic mass is 10.3. The lowest BCUT2D eigenvalue weighted by Crippen LogP contribution is -2.34. The molecule has 0 saturated heterocycles. The fourth-order valence-corrected chi connectivity index (χ4v) is 2.11. The van der Waals surface area contributed by atoms with Crippen LogP contribution in [0.1, 0.15) is 43.5 Å². The fraction of sp³-hybridized carbons (Fsp3) is 0.667. The molecule has 0 atom stereocenters. The maximum Gasteiger partial charge on any atom is 0.289 e. The summed E-state index contributed by atoms with van der Waals surface area (Å²) in [5.74, 6) is 1.01. The standard InChI is InChI=1S/C15H26N2O3/c1-4-9-17(10-11-18)15(19)14-8-7-13(20-14)12-16(5-2)6-3/h7-8,18H,4-6,9-12H2,1-3H3. The van der Waals surface area contributed by atoms with E-state index in [0.717, 1.165) is 25.3 Å². The highest BCUT2D eigenvalue weighted by Crippen LogP contribution is 2.13. The minimum atomic E-state index is -0.147. The van der Waals surface area contributed by atoms with Crippen molar-refractivity contribution >= 4 is 5.91 Å². The molecule has 20 heavy (non-hydrogen) atoms. The van der Waals surface area contributed by atoms with Crippen molar-refractivity contribution in [1.29, 1.82) is 0 Å². The van der Waals surface area contributed by atoms with Crippen molar-refractivity contribution in [1.82, 2.24) is 9.80 Å². The molecule has 0 spiro atoms. The number of furan rings is 1. The van der Waals surface area contributed by atoms with Gasteiger partial charge in [-0.3, -0.25) is 9.69 Å². The van der Waals surface area contributed by atoms with Crippen molar-refractivity contribution in [2.45, 2.75) is 33.7 Å². The maximum atomic E-state index is 12.3. The minimum Gasteiger partial charge on any atom is -0.455 e. The van der Waals surface area contributed by atoms with Gasteiger partial charge in [-0.25, -0.2) is 0 Å². The second-order valence-electron chi connectivity index (χ2n) is 4.74. The summed E-state index contributed by atoms with van der Waals surface area (Å²) in [6, 6.07) is 3.58. The second kappa shape index (κ2) is 8.76. The molecule has 1 N–H and O–H groups in total. The highest BCUT2D eigenvalue weighted by molar-refractivity contribution is 5.91. The molecule has 1 heterocycles. The topological polar surface area (TPSA) is 56.9 Å². The SMILES string of the molecule is CCCN(CCO)C(=O)c1ccc(CN(CC)CC)o1. The van der Waals surface area contributed by atoms with Crippen LogP contribution in [0.25, 0.3) is 0 Å². The monoisotopic (exact) mass is 282 g/mol. The lowest BCUT2D eigenvalue weighted by molar-refractivity contribution is 0.0686. The van der Waals surface area contributed by atoms with Gasteiger partial charge in [0.2, 0.25) is 0 Å². The van der Waals surface area contributed by atoms with Gasteiger partial charge in [-0.2, -0.15) is 0 Å². The van der Waals surface area contributed by atoms with Gasteiger partial charge in [0.25, 0.3) is 5.91 Å². The molecule has 114 valence electrons. The molecular weight excluding hydrogens is 256 g/mol. The van der Waals surface area contributed by atoms with E-state index in [1.54, 1.807) is 11.0 Å². The molecule has 0 aliphatic heterocycles. The molecule has 1 aromatic rings. The molecule has 0 bridgehead atoms. The molecule has 0 fully saturated rings. The zero-order valence-electron chi connectivity index (χ0n) is 12.8. The fourth-order valence-electron chi connectivity index (χ4n) is 2.11.